The third-order valence-electron chi connectivity index (χ3n) is 1.79. The zero-order chi connectivity index (χ0) is 8.97. The van der Waals surface area contributed by atoms with Crippen LogP contribution in [0.5, 0.6) is 0 Å². The maximum absolute atomic E-state index is 2.34. The van der Waals surface area contributed by atoms with E-state index in [1.165, 1.54) is 14.7 Å². The minimum Gasteiger partial charge on any atom is -0.0620 e. The van der Waals surface area contributed by atoms with Crippen molar-refractivity contribution in [3.05, 3.63) is 39.0 Å². The van der Waals surface area contributed by atoms with E-state index < -0.39 is 0 Å². The molecule has 1 aromatic rings. The van der Waals surface area contributed by atoms with Crippen molar-refractivity contribution in [2.75, 3.05) is 0 Å². The molecule has 1 rings (SSSR count). The highest BCUT2D eigenvalue weighted by molar-refractivity contribution is 14.1. The van der Waals surface area contributed by atoms with Crippen LogP contribution in [0.2, 0.25) is 0 Å². The van der Waals surface area contributed by atoms with Crippen LogP contribution in [0.15, 0.2) is 27.8 Å². The van der Waals surface area contributed by atoms with Gasteiger partial charge < -0.3 is 0 Å². The molecule has 0 unspecified atom stereocenters. The van der Waals surface area contributed by atoms with Gasteiger partial charge in [0.25, 0.3) is 0 Å². The largest absolute Gasteiger partial charge is 0.0620 e. The third kappa shape index (κ3) is 2.63. The predicted octanol–water partition coefficient (Wildman–Crippen LogP) is 4.04. The molecule has 0 aliphatic heterocycles. The van der Waals surface area contributed by atoms with E-state index in [1.54, 1.807) is 0 Å². The molecule has 0 saturated carbocycles. The van der Waals surface area contributed by atoms with E-state index in [4.69, 9.17) is 0 Å². The van der Waals surface area contributed by atoms with Gasteiger partial charge in [0.1, 0.15) is 0 Å². The molecule has 0 fully saturated rings. The summed E-state index contributed by atoms with van der Waals surface area (Å²) in [7, 11) is 0. The average Bonchev–Trinajstić information content (AvgIpc) is 2.04. The number of hydrogen-bond acceptors (Lipinski definition) is 0. The van der Waals surface area contributed by atoms with Crippen molar-refractivity contribution in [2.45, 2.75) is 20.3 Å². The first kappa shape index (κ1) is 9.78. The highest BCUT2D eigenvalue weighted by Gasteiger charge is 1.94. The van der Waals surface area contributed by atoms with E-state index in [2.05, 4.69) is 66.8 Å². The summed E-state index contributed by atoms with van der Waals surface area (Å²) in [5.41, 5.74) is 2.78. The van der Waals surface area contributed by atoms with Crippen LogP contribution in [-0.4, -0.2) is 0 Å². The summed E-state index contributed by atoms with van der Waals surface area (Å²) in [4.78, 5) is 0. The predicted molar refractivity (Wildman–Crippen MR) is 63.5 cm³/mol. The Hall–Kier alpha value is -0.310. The van der Waals surface area contributed by atoms with Gasteiger partial charge in [-0.25, -0.2) is 0 Å². The lowest BCUT2D eigenvalue weighted by molar-refractivity contribution is 1.13. The highest BCUT2D eigenvalue weighted by atomic mass is 127. The fourth-order valence-electron chi connectivity index (χ4n) is 1.21. The first-order valence-electron chi connectivity index (χ1n) is 4.15. The normalized spacial score (nSPS) is 11.8. The molecule has 0 amide bonds. The Bertz CT molecular complexity index is 283. The number of rotatable bonds is 2. The van der Waals surface area contributed by atoms with Gasteiger partial charge in [0.2, 0.25) is 0 Å². The Labute approximate surface area is 87.8 Å². The Morgan fingerprint density at radius 1 is 1.42 bits per heavy atom. The smallest absolute Gasteiger partial charge is 0.0119 e. The minimum absolute atomic E-state index is 1.11. The lowest BCUT2D eigenvalue weighted by Crippen LogP contribution is -1.84. The SMILES string of the molecule is CCc1ccccc1/C=C(\C)I. The van der Waals surface area contributed by atoms with E-state index in [9.17, 15) is 0 Å². The number of allylic oxidation sites excluding steroid dienone is 1. The van der Waals surface area contributed by atoms with Gasteiger partial charge in [-0.05, 0) is 56.7 Å². The molecule has 0 aromatic heterocycles. The number of halogens is 1. The standard InChI is InChI=1S/C11H13I/c1-3-10-6-4-5-7-11(10)8-9(2)12/h4-8H,3H2,1-2H3/b9-8+. The van der Waals surface area contributed by atoms with E-state index >= 15 is 0 Å². The Morgan fingerprint density at radius 3 is 2.67 bits per heavy atom. The van der Waals surface area contributed by atoms with Crippen LogP contribution in [0.4, 0.5) is 0 Å². The molecule has 0 saturated heterocycles. The van der Waals surface area contributed by atoms with Gasteiger partial charge in [0, 0.05) is 0 Å². The second-order valence-electron chi connectivity index (χ2n) is 2.78. The number of benzene rings is 1. The topological polar surface area (TPSA) is 0 Å². The summed E-state index contributed by atoms with van der Waals surface area (Å²) in [5, 5.41) is 0. The van der Waals surface area contributed by atoms with E-state index in [0.29, 0.717) is 0 Å². The van der Waals surface area contributed by atoms with Gasteiger partial charge in [0.15, 0.2) is 0 Å². The van der Waals surface area contributed by atoms with Gasteiger partial charge in [-0.2, -0.15) is 0 Å². The van der Waals surface area contributed by atoms with E-state index in [1.807, 2.05) is 0 Å². The summed E-state index contributed by atoms with van der Waals surface area (Å²) < 4.78 is 1.33. The first-order chi connectivity index (χ1) is 5.74. The van der Waals surface area contributed by atoms with Gasteiger partial charge in [0.05, 0.1) is 0 Å². The van der Waals surface area contributed by atoms with E-state index in [-0.39, 0.29) is 0 Å². The van der Waals surface area contributed by atoms with Crippen molar-refractivity contribution in [3.8, 4) is 0 Å². The molecule has 1 heteroatoms. The van der Waals surface area contributed by atoms with Crippen LogP contribution in [0.25, 0.3) is 6.08 Å². The quantitative estimate of drug-likeness (QED) is 0.712. The maximum Gasteiger partial charge on any atom is -0.0119 e. The van der Waals surface area contributed by atoms with Crippen LogP contribution in [0, 0.1) is 0 Å². The molecule has 64 valence electrons. The lowest BCUT2D eigenvalue weighted by Gasteiger charge is -2.01. The van der Waals surface area contributed by atoms with Crippen LogP contribution in [-0.2, 0) is 6.42 Å². The second kappa shape index (κ2) is 4.65. The third-order valence-corrected chi connectivity index (χ3v) is 2.10. The van der Waals surface area contributed by atoms with Crippen molar-refractivity contribution < 1.29 is 0 Å². The monoisotopic (exact) mass is 272 g/mol. The molecular weight excluding hydrogens is 259 g/mol. The minimum atomic E-state index is 1.11. The molecule has 0 aliphatic rings. The molecule has 0 spiro atoms. The zero-order valence-electron chi connectivity index (χ0n) is 7.47. The molecule has 0 nitrogen and oxygen atoms in total. The highest BCUT2D eigenvalue weighted by Crippen LogP contribution is 2.16. The molecule has 0 atom stereocenters. The average molecular weight is 272 g/mol. The maximum atomic E-state index is 2.34. The van der Waals surface area contributed by atoms with Crippen LogP contribution >= 0.6 is 22.6 Å². The fourth-order valence-corrected chi connectivity index (χ4v) is 1.55. The molecule has 0 aliphatic carbocycles. The van der Waals surface area contributed by atoms with Crippen LogP contribution < -0.4 is 0 Å². The molecule has 0 heterocycles. The second-order valence-corrected chi connectivity index (χ2v) is 4.49. The fraction of sp³-hybridized carbons (Fsp3) is 0.273. The van der Waals surface area contributed by atoms with Crippen molar-refractivity contribution in [1.29, 1.82) is 0 Å². The van der Waals surface area contributed by atoms with Crippen LogP contribution in [0.3, 0.4) is 0 Å². The van der Waals surface area contributed by atoms with Gasteiger partial charge >= 0.3 is 0 Å². The Morgan fingerprint density at radius 2 is 2.08 bits per heavy atom. The Balaban J connectivity index is 3.05. The summed E-state index contributed by atoms with van der Waals surface area (Å²) in [5.74, 6) is 0. The first-order valence-corrected chi connectivity index (χ1v) is 5.23. The molecule has 0 bridgehead atoms. The van der Waals surface area contributed by atoms with Crippen molar-refractivity contribution in [1.82, 2.24) is 0 Å². The summed E-state index contributed by atoms with van der Waals surface area (Å²) in [6.45, 7) is 4.31. The molecule has 0 N–H and O–H groups in total. The van der Waals surface area contributed by atoms with Gasteiger partial charge in [-0.15, -0.1) is 0 Å². The molecule has 1 aromatic carbocycles. The lowest BCUT2D eigenvalue weighted by atomic mass is 10.1. The van der Waals surface area contributed by atoms with Crippen molar-refractivity contribution in [2.24, 2.45) is 0 Å². The van der Waals surface area contributed by atoms with Crippen LogP contribution in [0.1, 0.15) is 25.0 Å². The summed E-state index contributed by atoms with van der Waals surface area (Å²) in [6, 6.07) is 8.54. The van der Waals surface area contributed by atoms with Gasteiger partial charge in [-0.1, -0.05) is 31.2 Å². The molecular formula is C11H13I. The van der Waals surface area contributed by atoms with Gasteiger partial charge in [-0.3, -0.25) is 0 Å². The Kier molecular flexibility index (Phi) is 3.79. The zero-order valence-corrected chi connectivity index (χ0v) is 9.63. The van der Waals surface area contributed by atoms with Crippen molar-refractivity contribution in [3.63, 3.8) is 0 Å². The number of hydrogen-bond donors (Lipinski definition) is 0. The van der Waals surface area contributed by atoms with E-state index in [0.717, 1.165) is 6.42 Å². The number of aryl methyl sites for hydroxylation is 1. The summed E-state index contributed by atoms with van der Waals surface area (Å²) in [6.07, 6.45) is 3.33. The van der Waals surface area contributed by atoms with Crippen molar-refractivity contribution >= 4 is 28.7 Å². The molecule has 0 radical (unpaired) electrons. The molecule has 12 heavy (non-hydrogen) atoms. The summed E-state index contributed by atoms with van der Waals surface area (Å²) >= 11 is 2.34.